The zero-order valence-electron chi connectivity index (χ0n) is 16.1. The van der Waals surface area contributed by atoms with Crippen molar-refractivity contribution in [3.8, 4) is 0 Å². The summed E-state index contributed by atoms with van der Waals surface area (Å²) in [5, 5.41) is 7.11. The van der Waals surface area contributed by atoms with Crippen LogP contribution >= 0.6 is 0 Å². The number of amides is 1. The molecule has 0 radical (unpaired) electrons. The first-order chi connectivity index (χ1) is 13.1. The van der Waals surface area contributed by atoms with Gasteiger partial charge in [-0.05, 0) is 44.4 Å². The number of hydrogen-bond acceptors (Lipinski definition) is 5. The van der Waals surface area contributed by atoms with Crippen molar-refractivity contribution in [1.82, 2.24) is 20.4 Å². The average molecular weight is 368 g/mol. The molecule has 0 fully saturated rings. The Labute approximate surface area is 160 Å². The van der Waals surface area contributed by atoms with E-state index in [1.165, 1.54) is 5.56 Å². The lowest BCUT2D eigenvalue weighted by molar-refractivity contribution is -0.121. The zero-order chi connectivity index (χ0) is 19.1. The summed E-state index contributed by atoms with van der Waals surface area (Å²) in [5.74, 6) is 1.21. The van der Waals surface area contributed by atoms with E-state index < -0.39 is 0 Å². The molecule has 0 aliphatic carbocycles. The van der Waals surface area contributed by atoms with E-state index in [1.807, 2.05) is 25.1 Å². The highest BCUT2D eigenvalue weighted by molar-refractivity contribution is 5.76. The van der Waals surface area contributed by atoms with Gasteiger partial charge in [0.1, 0.15) is 0 Å². The summed E-state index contributed by atoms with van der Waals surface area (Å²) in [7, 11) is 2.09. The Bertz CT molecular complexity index is 769. The number of nitrogens with zero attached hydrogens (tertiary/aromatic N) is 3. The van der Waals surface area contributed by atoms with Gasteiger partial charge in [0.15, 0.2) is 5.82 Å². The summed E-state index contributed by atoms with van der Waals surface area (Å²) in [4.78, 5) is 18.9. The van der Waals surface area contributed by atoms with Crippen LogP contribution in [0.2, 0.25) is 0 Å². The third-order valence-corrected chi connectivity index (χ3v) is 4.85. The van der Waals surface area contributed by atoms with Crippen LogP contribution in [-0.2, 0) is 17.6 Å². The van der Waals surface area contributed by atoms with Crippen molar-refractivity contribution in [3.05, 3.63) is 53.7 Å². The van der Waals surface area contributed by atoms with Crippen molar-refractivity contribution in [1.29, 1.82) is 0 Å². The summed E-state index contributed by atoms with van der Waals surface area (Å²) in [6, 6.07) is 10.5. The second kappa shape index (κ2) is 9.46. The number of carbonyl (C=O) groups excluding carboxylic acids is 1. The summed E-state index contributed by atoms with van der Waals surface area (Å²) < 4.78 is 5.31. The maximum Gasteiger partial charge on any atom is 0.227 e. The van der Waals surface area contributed by atoms with Crippen molar-refractivity contribution < 1.29 is 9.32 Å². The Morgan fingerprint density at radius 2 is 2.11 bits per heavy atom. The fourth-order valence-corrected chi connectivity index (χ4v) is 3.13. The van der Waals surface area contributed by atoms with Gasteiger partial charge in [0.05, 0.1) is 0 Å². The molecule has 1 N–H and O–H groups in total. The fourth-order valence-electron chi connectivity index (χ4n) is 3.13. The molecule has 0 saturated heterocycles. The number of carbonyl (C=O) groups is 1. The Kier molecular flexibility index (Phi) is 6.76. The minimum absolute atomic E-state index is 0.0221. The van der Waals surface area contributed by atoms with Crippen LogP contribution in [0, 0.1) is 0 Å². The van der Waals surface area contributed by atoms with Gasteiger partial charge in [0, 0.05) is 32.0 Å². The third kappa shape index (κ3) is 6.03. The van der Waals surface area contributed by atoms with E-state index in [2.05, 4.69) is 45.6 Å². The first-order valence-corrected chi connectivity index (χ1v) is 9.64. The largest absolute Gasteiger partial charge is 0.354 e. The number of benzene rings is 1. The topological polar surface area (TPSA) is 71.3 Å². The zero-order valence-corrected chi connectivity index (χ0v) is 16.1. The molecule has 1 aromatic carbocycles. The summed E-state index contributed by atoms with van der Waals surface area (Å²) in [6.45, 7) is 3.94. The molecule has 1 amide bonds. The van der Waals surface area contributed by atoms with Crippen LogP contribution in [0.1, 0.15) is 43.5 Å². The first kappa shape index (κ1) is 19.3. The number of aryl methyl sites for hydroxylation is 2. The molecule has 2 heterocycles. The van der Waals surface area contributed by atoms with Crippen LogP contribution in [0.15, 0.2) is 40.9 Å². The van der Waals surface area contributed by atoms with Crippen molar-refractivity contribution in [2.24, 2.45) is 0 Å². The lowest BCUT2D eigenvalue weighted by Crippen LogP contribution is -2.33. The number of rotatable bonds is 8. The van der Waals surface area contributed by atoms with Gasteiger partial charge >= 0.3 is 0 Å². The predicted octanol–water partition coefficient (Wildman–Crippen LogP) is 2.86. The lowest BCUT2D eigenvalue weighted by Gasteiger charge is -2.19. The molecule has 1 aliphatic rings. The van der Waals surface area contributed by atoms with Gasteiger partial charge < -0.3 is 14.7 Å². The normalized spacial score (nSPS) is 16.0. The van der Waals surface area contributed by atoms with Crippen LogP contribution in [-0.4, -0.2) is 47.1 Å². The van der Waals surface area contributed by atoms with Gasteiger partial charge in [-0.15, -0.1) is 0 Å². The minimum atomic E-state index is 0.0221. The van der Waals surface area contributed by atoms with Gasteiger partial charge in [-0.25, -0.2) is 0 Å². The van der Waals surface area contributed by atoms with Crippen LogP contribution in [0.5, 0.6) is 0 Å². The molecular weight excluding hydrogens is 340 g/mol. The molecule has 6 nitrogen and oxygen atoms in total. The average Bonchev–Trinajstić information content (AvgIpc) is 3.15. The third-order valence-electron chi connectivity index (χ3n) is 4.85. The molecule has 1 aromatic heterocycles. The molecule has 0 spiro atoms. The first-order valence-electron chi connectivity index (χ1n) is 9.64. The van der Waals surface area contributed by atoms with Crippen molar-refractivity contribution in [3.63, 3.8) is 0 Å². The number of aromatic nitrogens is 2. The number of likely N-dealkylation sites (N-methyl/N-ethyl adjacent to an activating group) is 1. The van der Waals surface area contributed by atoms with Gasteiger partial charge in [0.25, 0.3) is 0 Å². The maximum atomic E-state index is 12.2. The van der Waals surface area contributed by atoms with Gasteiger partial charge in [0.2, 0.25) is 11.8 Å². The smallest absolute Gasteiger partial charge is 0.227 e. The molecule has 0 saturated carbocycles. The van der Waals surface area contributed by atoms with E-state index in [-0.39, 0.29) is 11.9 Å². The van der Waals surface area contributed by atoms with Gasteiger partial charge in [-0.3, -0.25) is 4.79 Å². The minimum Gasteiger partial charge on any atom is -0.354 e. The highest BCUT2D eigenvalue weighted by Crippen LogP contribution is 2.19. The molecule has 2 aromatic rings. The SMILES string of the molecule is C[C@H](CCc1ccccc1)NC(=O)CCc1nc(C2=CCN(C)CC2)no1. The van der Waals surface area contributed by atoms with Crippen LogP contribution in [0.4, 0.5) is 0 Å². The van der Waals surface area contributed by atoms with E-state index >= 15 is 0 Å². The summed E-state index contributed by atoms with van der Waals surface area (Å²) in [6.07, 6.45) is 5.77. The molecule has 3 rings (SSSR count). The van der Waals surface area contributed by atoms with Crippen LogP contribution in [0.3, 0.4) is 0 Å². The molecular formula is C21H28N4O2. The van der Waals surface area contributed by atoms with E-state index in [4.69, 9.17) is 4.52 Å². The Morgan fingerprint density at radius 1 is 1.30 bits per heavy atom. The number of hydrogen-bond donors (Lipinski definition) is 1. The second-order valence-electron chi connectivity index (χ2n) is 7.25. The van der Waals surface area contributed by atoms with Crippen LogP contribution < -0.4 is 5.32 Å². The predicted molar refractivity (Wildman–Crippen MR) is 105 cm³/mol. The van der Waals surface area contributed by atoms with Crippen LogP contribution in [0.25, 0.3) is 5.57 Å². The molecule has 0 bridgehead atoms. The van der Waals surface area contributed by atoms with Crippen molar-refractivity contribution in [2.45, 2.75) is 45.1 Å². The van der Waals surface area contributed by atoms with E-state index in [9.17, 15) is 4.79 Å². The standard InChI is InChI=1S/C21H28N4O2/c1-16(8-9-17-6-4-3-5-7-17)22-19(26)10-11-20-23-21(24-27-20)18-12-14-25(2)15-13-18/h3-7,12,16H,8-11,13-15H2,1-2H3,(H,22,26)/t16-/m1/s1. The summed E-state index contributed by atoms with van der Waals surface area (Å²) in [5.41, 5.74) is 2.42. The highest BCUT2D eigenvalue weighted by atomic mass is 16.5. The Morgan fingerprint density at radius 3 is 2.85 bits per heavy atom. The Hall–Kier alpha value is -2.47. The highest BCUT2D eigenvalue weighted by Gasteiger charge is 2.16. The molecule has 27 heavy (non-hydrogen) atoms. The molecule has 6 heteroatoms. The Balaban J connectivity index is 1.40. The quantitative estimate of drug-likeness (QED) is 0.776. The van der Waals surface area contributed by atoms with Gasteiger partial charge in [-0.2, -0.15) is 4.98 Å². The maximum absolute atomic E-state index is 12.2. The molecule has 1 atom stereocenters. The second-order valence-corrected chi connectivity index (χ2v) is 7.25. The molecule has 0 unspecified atom stereocenters. The van der Waals surface area contributed by atoms with E-state index in [0.29, 0.717) is 24.6 Å². The van der Waals surface area contributed by atoms with E-state index in [0.717, 1.165) is 37.9 Å². The fraction of sp³-hybridized carbons (Fsp3) is 0.476. The molecule has 1 aliphatic heterocycles. The number of nitrogens with one attached hydrogen (secondary N) is 1. The molecule has 144 valence electrons. The summed E-state index contributed by atoms with van der Waals surface area (Å²) >= 11 is 0. The van der Waals surface area contributed by atoms with Crippen molar-refractivity contribution >= 4 is 11.5 Å². The van der Waals surface area contributed by atoms with E-state index in [1.54, 1.807) is 0 Å². The van der Waals surface area contributed by atoms with Gasteiger partial charge in [-0.1, -0.05) is 41.6 Å². The monoisotopic (exact) mass is 368 g/mol. The lowest BCUT2D eigenvalue weighted by atomic mass is 10.1. The van der Waals surface area contributed by atoms with Crippen molar-refractivity contribution in [2.75, 3.05) is 20.1 Å².